The Kier molecular flexibility index (Phi) is 5.46. The molecule has 0 aliphatic carbocycles. The molecule has 0 bridgehead atoms. The number of rotatable bonds is 3. The van der Waals surface area contributed by atoms with Crippen LogP contribution in [0.4, 0.5) is 5.69 Å². The fourth-order valence-corrected chi connectivity index (χ4v) is 2.49. The summed E-state index contributed by atoms with van der Waals surface area (Å²) < 4.78 is 1.63. The van der Waals surface area contributed by atoms with E-state index in [-0.39, 0.29) is 24.4 Å². The van der Waals surface area contributed by atoms with Crippen molar-refractivity contribution in [2.24, 2.45) is 0 Å². The number of hydrogen-bond donors (Lipinski definition) is 2. The summed E-state index contributed by atoms with van der Waals surface area (Å²) in [5, 5.41) is 17.6. The van der Waals surface area contributed by atoms with Gasteiger partial charge in [0.2, 0.25) is 5.91 Å². The molecule has 1 aliphatic rings. The molecule has 1 aliphatic heterocycles. The Balaban J connectivity index is 0.00000176. The van der Waals surface area contributed by atoms with Crippen LogP contribution in [-0.2, 0) is 4.79 Å². The number of aromatic nitrogens is 4. The van der Waals surface area contributed by atoms with Crippen molar-refractivity contribution >= 4 is 24.0 Å². The highest BCUT2D eigenvalue weighted by molar-refractivity contribution is 5.95. The Hall–Kier alpha value is -1.99. The second-order valence-electron chi connectivity index (χ2n) is 5.18. The normalized spacial score (nSPS) is 17.6. The minimum absolute atomic E-state index is 0. The van der Waals surface area contributed by atoms with Crippen LogP contribution in [0.15, 0.2) is 24.3 Å². The molecule has 3 rings (SSSR count). The summed E-state index contributed by atoms with van der Waals surface area (Å²) in [6.45, 7) is 2.74. The van der Waals surface area contributed by atoms with Gasteiger partial charge in [0.1, 0.15) is 0 Å². The molecular weight excluding hydrogens is 304 g/mol. The van der Waals surface area contributed by atoms with E-state index in [9.17, 15) is 4.79 Å². The van der Waals surface area contributed by atoms with Crippen molar-refractivity contribution in [2.75, 3.05) is 11.9 Å². The first-order valence-electron chi connectivity index (χ1n) is 7.14. The van der Waals surface area contributed by atoms with E-state index in [1.165, 1.54) is 0 Å². The smallest absolute Gasteiger partial charge is 0.241 e. The number of nitrogens with one attached hydrogen (secondary N) is 2. The summed E-state index contributed by atoms with van der Waals surface area (Å²) in [4.78, 5) is 12.2. The summed E-state index contributed by atoms with van der Waals surface area (Å²) >= 11 is 0. The molecule has 1 atom stereocenters. The van der Waals surface area contributed by atoms with E-state index >= 15 is 0 Å². The Morgan fingerprint density at radius 1 is 1.41 bits per heavy atom. The number of amides is 1. The van der Waals surface area contributed by atoms with Crippen LogP contribution in [0.1, 0.15) is 25.1 Å². The Morgan fingerprint density at radius 2 is 2.27 bits per heavy atom. The third-order valence-electron chi connectivity index (χ3n) is 3.61. The second kappa shape index (κ2) is 7.33. The molecule has 7 nitrogen and oxygen atoms in total. The molecule has 8 heteroatoms. The minimum atomic E-state index is -0.0998. The van der Waals surface area contributed by atoms with Crippen molar-refractivity contribution in [3.63, 3.8) is 0 Å². The van der Waals surface area contributed by atoms with Gasteiger partial charge in [0.15, 0.2) is 5.82 Å². The molecular formula is C14H19ClN6O. The van der Waals surface area contributed by atoms with Crippen LogP contribution < -0.4 is 10.6 Å². The Bertz CT molecular complexity index is 638. The summed E-state index contributed by atoms with van der Waals surface area (Å²) in [7, 11) is 0. The zero-order valence-electron chi connectivity index (χ0n) is 12.3. The molecule has 0 spiro atoms. The maximum atomic E-state index is 12.2. The maximum Gasteiger partial charge on any atom is 0.241 e. The molecule has 2 N–H and O–H groups in total. The number of halogens is 1. The Morgan fingerprint density at radius 3 is 2.95 bits per heavy atom. The highest BCUT2D eigenvalue weighted by Crippen LogP contribution is 2.16. The molecule has 2 heterocycles. The van der Waals surface area contributed by atoms with E-state index in [4.69, 9.17) is 0 Å². The van der Waals surface area contributed by atoms with Crippen LogP contribution in [0.2, 0.25) is 0 Å². The first-order chi connectivity index (χ1) is 10.2. The van der Waals surface area contributed by atoms with Crippen LogP contribution in [0, 0.1) is 6.92 Å². The van der Waals surface area contributed by atoms with Crippen molar-refractivity contribution in [3.8, 4) is 5.69 Å². The van der Waals surface area contributed by atoms with Gasteiger partial charge in [-0.05, 0) is 54.9 Å². The van der Waals surface area contributed by atoms with Crippen molar-refractivity contribution in [3.05, 3.63) is 30.1 Å². The van der Waals surface area contributed by atoms with Gasteiger partial charge >= 0.3 is 0 Å². The van der Waals surface area contributed by atoms with Gasteiger partial charge in [-0.3, -0.25) is 4.79 Å². The van der Waals surface area contributed by atoms with Crippen LogP contribution in [-0.4, -0.2) is 38.7 Å². The number of benzene rings is 1. The lowest BCUT2D eigenvalue weighted by Gasteiger charge is -2.22. The van der Waals surface area contributed by atoms with E-state index < -0.39 is 0 Å². The number of aryl methyl sites for hydroxylation is 1. The first-order valence-corrected chi connectivity index (χ1v) is 7.14. The molecule has 1 aromatic carbocycles. The van der Waals surface area contributed by atoms with Gasteiger partial charge in [-0.15, -0.1) is 17.5 Å². The third kappa shape index (κ3) is 3.61. The fourth-order valence-electron chi connectivity index (χ4n) is 2.49. The van der Waals surface area contributed by atoms with Gasteiger partial charge in [0.25, 0.3) is 0 Å². The lowest BCUT2D eigenvalue weighted by molar-refractivity contribution is -0.118. The lowest BCUT2D eigenvalue weighted by Crippen LogP contribution is -2.43. The van der Waals surface area contributed by atoms with E-state index in [2.05, 4.69) is 26.2 Å². The largest absolute Gasteiger partial charge is 0.325 e. The van der Waals surface area contributed by atoms with Crippen molar-refractivity contribution in [1.82, 2.24) is 25.5 Å². The van der Waals surface area contributed by atoms with Crippen molar-refractivity contribution in [2.45, 2.75) is 32.2 Å². The molecule has 1 aromatic heterocycles. The van der Waals surface area contributed by atoms with Crippen LogP contribution in [0.3, 0.4) is 0 Å². The number of tetrazole rings is 1. The standard InChI is InChI=1S/C14H18N6O.ClH/c1-10-17-18-19-20(10)12-6-4-5-11(9-12)16-14(21)13-7-2-3-8-15-13;/h4-6,9,13,15H,2-3,7-8H2,1H3,(H,16,21);1H/t13-;/m0./s1. The summed E-state index contributed by atoms with van der Waals surface area (Å²) in [5.41, 5.74) is 1.58. The van der Waals surface area contributed by atoms with E-state index in [1.54, 1.807) is 4.68 Å². The molecule has 0 unspecified atom stereocenters. The van der Waals surface area contributed by atoms with Crippen LogP contribution >= 0.6 is 12.4 Å². The van der Waals surface area contributed by atoms with Gasteiger partial charge < -0.3 is 10.6 Å². The monoisotopic (exact) mass is 322 g/mol. The number of anilines is 1. The number of carbonyl (C=O) groups excluding carboxylic acids is 1. The van der Waals surface area contributed by atoms with E-state index in [1.807, 2.05) is 31.2 Å². The van der Waals surface area contributed by atoms with Gasteiger partial charge in [-0.2, -0.15) is 4.68 Å². The highest BCUT2D eigenvalue weighted by atomic mass is 35.5. The minimum Gasteiger partial charge on any atom is -0.325 e. The zero-order valence-corrected chi connectivity index (χ0v) is 13.1. The molecule has 2 aromatic rings. The topological polar surface area (TPSA) is 84.7 Å². The third-order valence-corrected chi connectivity index (χ3v) is 3.61. The van der Waals surface area contributed by atoms with Crippen LogP contribution in [0.25, 0.3) is 5.69 Å². The van der Waals surface area contributed by atoms with E-state index in [0.29, 0.717) is 5.82 Å². The molecule has 1 saturated heterocycles. The molecule has 1 amide bonds. The maximum absolute atomic E-state index is 12.2. The zero-order chi connectivity index (χ0) is 14.7. The highest BCUT2D eigenvalue weighted by Gasteiger charge is 2.20. The van der Waals surface area contributed by atoms with Gasteiger partial charge in [0, 0.05) is 5.69 Å². The molecule has 1 fully saturated rings. The lowest BCUT2D eigenvalue weighted by atomic mass is 10.0. The fraction of sp³-hybridized carbons (Fsp3) is 0.429. The summed E-state index contributed by atoms with van der Waals surface area (Å²) in [6.07, 6.45) is 3.12. The van der Waals surface area contributed by atoms with E-state index in [0.717, 1.165) is 37.2 Å². The molecule has 22 heavy (non-hydrogen) atoms. The average Bonchev–Trinajstić information content (AvgIpc) is 2.94. The predicted molar refractivity (Wildman–Crippen MR) is 85.4 cm³/mol. The van der Waals surface area contributed by atoms with Crippen LogP contribution in [0.5, 0.6) is 0 Å². The van der Waals surface area contributed by atoms with Gasteiger partial charge in [0.05, 0.1) is 11.7 Å². The number of hydrogen-bond acceptors (Lipinski definition) is 5. The quantitative estimate of drug-likeness (QED) is 0.894. The van der Waals surface area contributed by atoms with Crippen molar-refractivity contribution < 1.29 is 4.79 Å². The predicted octanol–water partition coefficient (Wildman–Crippen LogP) is 1.47. The summed E-state index contributed by atoms with van der Waals surface area (Å²) in [5.74, 6) is 0.715. The average molecular weight is 323 g/mol. The molecule has 0 radical (unpaired) electrons. The number of piperidine rings is 1. The summed E-state index contributed by atoms with van der Waals surface area (Å²) in [6, 6.07) is 7.41. The number of nitrogens with zero attached hydrogens (tertiary/aromatic N) is 4. The van der Waals surface area contributed by atoms with Gasteiger partial charge in [-0.1, -0.05) is 12.5 Å². The number of carbonyl (C=O) groups is 1. The Labute approximate surface area is 134 Å². The molecule has 0 saturated carbocycles. The first kappa shape index (κ1) is 16.4. The second-order valence-corrected chi connectivity index (χ2v) is 5.18. The van der Waals surface area contributed by atoms with Crippen molar-refractivity contribution in [1.29, 1.82) is 0 Å². The van der Waals surface area contributed by atoms with Gasteiger partial charge in [-0.25, -0.2) is 0 Å². The molecule has 118 valence electrons. The SMILES string of the molecule is Cc1nnnn1-c1cccc(NC(=O)[C@@H]2CCCCN2)c1.Cl.